The molecule has 2 heteroatoms. The zero-order chi connectivity index (χ0) is 28.0. The van der Waals surface area contributed by atoms with Crippen LogP contribution in [0.25, 0.3) is 0 Å². The summed E-state index contributed by atoms with van der Waals surface area (Å²) in [5.41, 5.74) is 4.21. The second-order valence-corrected chi connectivity index (χ2v) is 12.7. The summed E-state index contributed by atoms with van der Waals surface area (Å²) in [5.74, 6) is 0. The Kier molecular flexibility index (Phi) is 14.7. The molecule has 3 aromatic carbocycles. The molecular formula is C34H48NTa-3. The van der Waals surface area contributed by atoms with Gasteiger partial charge in [0.15, 0.2) is 0 Å². The fourth-order valence-electron chi connectivity index (χ4n) is 2.67. The van der Waals surface area contributed by atoms with Gasteiger partial charge < -0.3 is 20.8 Å². The van der Waals surface area contributed by atoms with Crippen LogP contribution in [-0.4, -0.2) is 5.54 Å². The maximum absolute atomic E-state index is 4.13. The van der Waals surface area contributed by atoms with Crippen LogP contribution in [0.3, 0.4) is 0 Å². The molecule has 0 aliphatic rings. The van der Waals surface area contributed by atoms with Crippen LogP contribution in [0.5, 0.6) is 0 Å². The quantitative estimate of drug-likeness (QED) is 0.250. The largest absolute Gasteiger partial charge is 0.333 e. The minimum Gasteiger partial charge on any atom is -0.333 e. The van der Waals surface area contributed by atoms with Gasteiger partial charge in [-0.1, -0.05) is 149 Å². The van der Waals surface area contributed by atoms with Gasteiger partial charge in [0, 0.05) is 0 Å². The van der Waals surface area contributed by atoms with E-state index >= 15 is 0 Å². The summed E-state index contributed by atoms with van der Waals surface area (Å²) < 4.78 is 4.13. The summed E-state index contributed by atoms with van der Waals surface area (Å²) in [6, 6.07) is 31.0. The number of rotatable bonds is 3. The molecule has 3 aromatic rings. The molecular weight excluding hydrogens is 603 g/mol. The molecule has 0 unspecified atom stereocenters. The van der Waals surface area contributed by atoms with Crippen molar-refractivity contribution in [3.8, 4) is 0 Å². The minimum atomic E-state index is 0.0429. The van der Waals surface area contributed by atoms with Gasteiger partial charge >= 0.3 is 50.5 Å². The van der Waals surface area contributed by atoms with Gasteiger partial charge in [0.1, 0.15) is 0 Å². The van der Waals surface area contributed by atoms with E-state index in [1.54, 1.807) is 0 Å². The van der Waals surface area contributed by atoms with Gasteiger partial charge in [-0.25, -0.2) is 0 Å². The van der Waals surface area contributed by atoms with E-state index in [4.69, 9.17) is 0 Å². The van der Waals surface area contributed by atoms with Crippen molar-refractivity contribution >= 4 is 0 Å². The second kappa shape index (κ2) is 15.5. The van der Waals surface area contributed by atoms with Crippen molar-refractivity contribution in [1.82, 2.24) is 0 Å². The zero-order valence-electron chi connectivity index (χ0n) is 24.2. The Bertz CT molecular complexity index is 832. The normalized spacial score (nSPS) is 11.4. The molecule has 0 saturated heterocycles. The van der Waals surface area contributed by atoms with Crippen LogP contribution in [-0.2, 0) is 37.1 Å². The van der Waals surface area contributed by atoms with E-state index in [0.717, 1.165) is 20.9 Å². The number of benzene rings is 3. The summed E-state index contributed by atoms with van der Waals surface area (Å²) in [6.07, 6.45) is 0. The van der Waals surface area contributed by atoms with E-state index in [-0.39, 0.29) is 21.8 Å². The first-order valence-electron chi connectivity index (χ1n) is 12.5. The summed E-state index contributed by atoms with van der Waals surface area (Å²) in [7, 11) is 0. The summed E-state index contributed by atoms with van der Waals surface area (Å²) in [6.45, 7) is 31.1. The molecule has 0 aliphatic heterocycles. The summed E-state index contributed by atoms with van der Waals surface area (Å²) in [5, 5.41) is 0. The van der Waals surface area contributed by atoms with Gasteiger partial charge in [0.05, 0.1) is 0 Å². The van der Waals surface area contributed by atoms with Gasteiger partial charge in [-0.2, -0.15) is 0 Å². The molecule has 0 fully saturated rings. The van der Waals surface area contributed by atoms with Gasteiger partial charge in [-0.15, -0.1) is 16.2 Å². The van der Waals surface area contributed by atoms with Crippen molar-refractivity contribution in [2.45, 2.75) is 84.1 Å². The fraction of sp³-hybridized carbons (Fsp3) is 0.382. The number of hydrogen-bond donors (Lipinski definition) is 0. The van der Waals surface area contributed by atoms with Crippen LogP contribution < -0.4 is 0 Å². The van der Waals surface area contributed by atoms with Crippen molar-refractivity contribution in [1.29, 1.82) is 0 Å². The SMILES string of the molecule is CC(C)(C)[N]=[Ta].[CH2-]C(C)(C)c1ccccc1.[CH2-]C(C)(C)c1ccccc1.[CH2-]C(C)(C)c1ccccc1. The van der Waals surface area contributed by atoms with E-state index in [0.29, 0.717) is 0 Å². The molecule has 0 aliphatic carbocycles. The third-order valence-electron chi connectivity index (χ3n) is 4.97. The van der Waals surface area contributed by atoms with Gasteiger partial charge in [-0.05, 0) is 0 Å². The Labute approximate surface area is 235 Å². The molecule has 0 radical (unpaired) electrons. The maximum atomic E-state index is 4.13. The molecule has 0 amide bonds. The number of hydrogen-bond acceptors (Lipinski definition) is 1. The first-order valence-corrected chi connectivity index (χ1v) is 13.9. The molecule has 36 heavy (non-hydrogen) atoms. The Morgan fingerprint density at radius 1 is 0.444 bits per heavy atom. The number of nitrogens with zero attached hydrogens (tertiary/aromatic N) is 1. The van der Waals surface area contributed by atoms with Crippen LogP contribution in [0.2, 0.25) is 0 Å². The van der Waals surface area contributed by atoms with Gasteiger partial charge in [-0.3, -0.25) is 0 Å². The molecule has 0 spiro atoms. The van der Waals surface area contributed by atoms with Gasteiger partial charge in [0.25, 0.3) is 0 Å². The summed E-state index contributed by atoms with van der Waals surface area (Å²) >= 11 is 1.15. The van der Waals surface area contributed by atoms with Crippen molar-refractivity contribution in [3.05, 3.63) is 128 Å². The Balaban J connectivity index is 0.000000462. The van der Waals surface area contributed by atoms with Crippen molar-refractivity contribution in [3.63, 3.8) is 0 Å². The van der Waals surface area contributed by atoms with Crippen LogP contribution in [0.1, 0.15) is 79.0 Å². The molecule has 3 rings (SSSR count). The van der Waals surface area contributed by atoms with Crippen LogP contribution in [0, 0.1) is 20.8 Å². The van der Waals surface area contributed by atoms with E-state index in [9.17, 15) is 0 Å². The van der Waals surface area contributed by atoms with Crippen molar-refractivity contribution in [2.24, 2.45) is 3.34 Å². The smallest absolute Gasteiger partial charge is 0.0611 e. The average molecular weight is 652 g/mol. The summed E-state index contributed by atoms with van der Waals surface area (Å²) in [4.78, 5) is 0. The van der Waals surface area contributed by atoms with Crippen LogP contribution in [0.15, 0.2) is 94.3 Å². The van der Waals surface area contributed by atoms with Crippen LogP contribution in [0.4, 0.5) is 0 Å². The molecule has 0 saturated carbocycles. The second-order valence-electron chi connectivity index (χ2n) is 12.0. The van der Waals surface area contributed by atoms with E-state index in [1.165, 1.54) is 16.7 Å². The fourth-order valence-corrected chi connectivity index (χ4v) is 2.67. The molecule has 0 heterocycles. The first kappa shape index (κ1) is 34.2. The molecule has 197 valence electrons. The Morgan fingerprint density at radius 3 is 0.694 bits per heavy atom. The molecule has 0 aromatic heterocycles. The molecule has 1 nitrogen and oxygen atoms in total. The van der Waals surface area contributed by atoms with E-state index < -0.39 is 0 Å². The topological polar surface area (TPSA) is 12.4 Å². The zero-order valence-corrected chi connectivity index (χ0v) is 27.4. The average Bonchev–Trinajstić information content (AvgIpc) is 2.80. The molecule has 0 N–H and O–H groups in total. The maximum Gasteiger partial charge on any atom is -0.0611 e. The molecule has 0 atom stereocenters. The van der Waals surface area contributed by atoms with Crippen molar-refractivity contribution < 1.29 is 20.9 Å². The third-order valence-corrected chi connectivity index (χ3v) is 7.12. The van der Waals surface area contributed by atoms with Crippen molar-refractivity contribution in [2.75, 3.05) is 0 Å². The minimum absolute atomic E-state index is 0.0429. The van der Waals surface area contributed by atoms with Gasteiger partial charge in [0.2, 0.25) is 0 Å². The standard InChI is InChI=1S/3C10H13.C4H9N.Ta/c3*1-10(2,3)9-7-5-4-6-8-9;1-4(2,3)5;/h3*4-8H,1H2,2-3H3;1-3H3;/q3*-1;;. The van der Waals surface area contributed by atoms with E-state index in [2.05, 4.69) is 123 Å². The Morgan fingerprint density at radius 2 is 0.611 bits per heavy atom. The van der Waals surface area contributed by atoms with E-state index in [1.807, 2.05) is 54.6 Å². The molecule has 0 bridgehead atoms. The third kappa shape index (κ3) is 16.8. The predicted molar refractivity (Wildman–Crippen MR) is 157 cm³/mol. The van der Waals surface area contributed by atoms with Crippen LogP contribution >= 0.6 is 0 Å². The monoisotopic (exact) mass is 651 g/mol. The predicted octanol–water partition coefficient (Wildman–Crippen LogP) is 9.91. The Hall–Kier alpha value is -1.80. The first-order chi connectivity index (χ1) is 16.4.